The molecule has 0 aliphatic carbocycles. The Hall–Kier alpha value is -2.38. The molecule has 7 heteroatoms. The number of nitrogens with zero attached hydrogens (tertiary/aromatic N) is 4. The molecule has 4 rings (SSSR count). The van der Waals surface area contributed by atoms with E-state index in [4.69, 9.17) is 4.42 Å². The van der Waals surface area contributed by atoms with E-state index in [-0.39, 0.29) is 12.0 Å². The molecule has 2 aliphatic heterocycles. The van der Waals surface area contributed by atoms with Gasteiger partial charge in [-0.3, -0.25) is 14.6 Å². The summed E-state index contributed by atoms with van der Waals surface area (Å²) < 4.78 is 5.48. The van der Waals surface area contributed by atoms with Crippen LogP contribution in [0.3, 0.4) is 0 Å². The van der Waals surface area contributed by atoms with E-state index < -0.39 is 5.97 Å². The maximum absolute atomic E-state index is 11.7. The number of fused-ring (bicyclic) bond motifs is 1. The third kappa shape index (κ3) is 3.73. The van der Waals surface area contributed by atoms with Crippen molar-refractivity contribution in [2.45, 2.75) is 12.6 Å². The van der Waals surface area contributed by atoms with Crippen LogP contribution in [0, 0.1) is 5.92 Å². The minimum Gasteiger partial charge on any atom is -0.481 e. The lowest BCUT2D eigenvalue weighted by atomic mass is 10.1. The highest BCUT2D eigenvalue weighted by Gasteiger charge is 2.36. The fourth-order valence-electron chi connectivity index (χ4n) is 3.99. The van der Waals surface area contributed by atoms with Crippen LogP contribution < -0.4 is 4.90 Å². The molecule has 2 aromatic rings. The number of pyridine rings is 1. The Balaban J connectivity index is 1.51. The van der Waals surface area contributed by atoms with Gasteiger partial charge in [0.25, 0.3) is 0 Å². The summed E-state index contributed by atoms with van der Waals surface area (Å²) in [6.07, 6.45) is 3.48. The smallest absolute Gasteiger partial charge is 0.309 e. The van der Waals surface area contributed by atoms with Crippen molar-refractivity contribution in [3.05, 3.63) is 48.6 Å². The number of carboxylic acid groups (broad SMARTS) is 1. The van der Waals surface area contributed by atoms with Crippen LogP contribution >= 0.6 is 0 Å². The largest absolute Gasteiger partial charge is 0.481 e. The summed E-state index contributed by atoms with van der Waals surface area (Å²) >= 11 is 0. The Kier molecular flexibility index (Phi) is 4.90. The molecular weight excluding hydrogens is 332 g/mol. The van der Waals surface area contributed by atoms with Crippen LogP contribution in [0.1, 0.15) is 5.76 Å². The van der Waals surface area contributed by atoms with Crippen molar-refractivity contribution in [3.63, 3.8) is 0 Å². The van der Waals surface area contributed by atoms with E-state index >= 15 is 0 Å². The second kappa shape index (κ2) is 7.47. The summed E-state index contributed by atoms with van der Waals surface area (Å²) in [6.45, 7) is 5.21. The van der Waals surface area contributed by atoms with Crippen LogP contribution in [0.25, 0.3) is 0 Å². The second-order valence-corrected chi connectivity index (χ2v) is 7.09. The molecule has 0 radical (unpaired) electrons. The van der Waals surface area contributed by atoms with Gasteiger partial charge in [0.15, 0.2) is 0 Å². The molecule has 26 heavy (non-hydrogen) atoms. The Morgan fingerprint density at radius 1 is 1.15 bits per heavy atom. The van der Waals surface area contributed by atoms with Crippen molar-refractivity contribution >= 4 is 11.8 Å². The molecule has 138 valence electrons. The van der Waals surface area contributed by atoms with E-state index in [0.29, 0.717) is 19.6 Å². The molecule has 4 heterocycles. The lowest BCUT2D eigenvalue weighted by Gasteiger charge is -2.42. The van der Waals surface area contributed by atoms with Gasteiger partial charge in [0.2, 0.25) is 0 Å². The van der Waals surface area contributed by atoms with Crippen molar-refractivity contribution in [3.8, 4) is 0 Å². The van der Waals surface area contributed by atoms with E-state index in [1.54, 1.807) is 6.26 Å². The summed E-state index contributed by atoms with van der Waals surface area (Å²) in [5.74, 6) is 0.766. The average Bonchev–Trinajstić information content (AvgIpc) is 3.08. The van der Waals surface area contributed by atoms with Crippen molar-refractivity contribution < 1.29 is 14.3 Å². The molecule has 0 amide bonds. The molecule has 7 nitrogen and oxygen atoms in total. The second-order valence-electron chi connectivity index (χ2n) is 7.09. The topological polar surface area (TPSA) is 73.0 Å². The normalized spacial score (nSPS) is 24.8. The van der Waals surface area contributed by atoms with E-state index in [2.05, 4.69) is 19.7 Å². The maximum Gasteiger partial charge on any atom is 0.309 e. The number of carbonyl (C=O) groups is 1. The molecule has 2 atom stereocenters. The number of rotatable bonds is 4. The van der Waals surface area contributed by atoms with Gasteiger partial charge in [-0.25, -0.2) is 4.98 Å². The highest BCUT2D eigenvalue weighted by molar-refractivity contribution is 5.70. The number of aromatic nitrogens is 1. The van der Waals surface area contributed by atoms with Gasteiger partial charge in [-0.1, -0.05) is 6.07 Å². The van der Waals surface area contributed by atoms with Crippen molar-refractivity contribution in [2.75, 3.05) is 44.2 Å². The van der Waals surface area contributed by atoms with Crippen LogP contribution in [0.15, 0.2) is 47.2 Å². The minimum atomic E-state index is -0.720. The first kappa shape index (κ1) is 17.1. The van der Waals surface area contributed by atoms with Crippen LogP contribution in [0.5, 0.6) is 0 Å². The van der Waals surface area contributed by atoms with Gasteiger partial charge in [-0.2, -0.15) is 0 Å². The Morgan fingerprint density at radius 3 is 2.81 bits per heavy atom. The Morgan fingerprint density at radius 2 is 2.08 bits per heavy atom. The molecule has 0 spiro atoms. The van der Waals surface area contributed by atoms with E-state index in [0.717, 1.165) is 37.8 Å². The molecule has 2 fully saturated rings. The zero-order chi connectivity index (χ0) is 17.9. The average molecular weight is 356 g/mol. The highest BCUT2D eigenvalue weighted by Crippen LogP contribution is 2.23. The van der Waals surface area contributed by atoms with Gasteiger partial charge in [0.1, 0.15) is 11.6 Å². The first-order chi connectivity index (χ1) is 12.7. The first-order valence-electron chi connectivity index (χ1n) is 9.06. The molecule has 1 N–H and O–H groups in total. The molecule has 0 bridgehead atoms. The number of hydrogen-bond acceptors (Lipinski definition) is 6. The van der Waals surface area contributed by atoms with Crippen LogP contribution in [0.2, 0.25) is 0 Å². The van der Waals surface area contributed by atoms with E-state index in [1.807, 2.05) is 36.5 Å². The lowest BCUT2D eigenvalue weighted by Crippen LogP contribution is -2.56. The van der Waals surface area contributed by atoms with Gasteiger partial charge in [0, 0.05) is 51.5 Å². The monoisotopic (exact) mass is 356 g/mol. The standard InChI is InChI=1S/C19H24N4O3/c24-19(25)15-10-21(14-17-4-3-9-26-17)12-16-13-23(8-7-22(16)11-15)18-5-1-2-6-20-18/h1-6,9,15-16H,7-8,10-14H2,(H,24,25). The zero-order valence-corrected chi connectivity index (χ0v) is 14.7. The number of piperazine rings is 1. The third-order valence-corrected chi connectivity index (χ3v) is 5.29. The number of carboxylic acids is 1. The summed E-state index contributed by atoms with van der Waals surface area (Å²) in [5, 5.41) is 9.63. The maximum atomic E-state index is 11.7. The predicted molar refractivity (Wildman–Crippen MR) is 96.9 cm³/mol. The Bertz CT molecular complexity index is 722. The highest BCUT2D eigenvalue weighted by atomic mass is 16.4. The predicted octanol–water partition coefficient (Wildman–Crippen LogP) is 1.38. The molecular formula is C19H24N4O3. The van der Waals surface area contributed by atoms with Crippen molar-refractivity contribution in [1.29, 1.82) is 0 Å². The van der Waals surface area contributed by atoms with Gasteiger partial charge >= 0.3 is 5.97 Å². The van der Waals surface area contributed by atoms with Crippen molar-refractivity contribution in [2.24, 2.45) is 5.92 Å². The summed E-state index contributed by atoms with van der Waals surface area (Å²) in [6, 6.07) is 10.1. The molecule has 2 saturated heterocycles. The third-order valence-electron chi connectivity index (χ3n) is 5.29. The molecule has 0 saturated carbocycles. The fourth-order valence-corrected chi connectivity index (χ4v) is 3.99. The lowest BCUT2D eigenvalue weighted by molar-refractivity contribution is -0.142. The number of aliphatic carboxylic acids is 1. The fraction of sp³-hybridized carbons (Fsp3) is 0.474. The van der Waals surface area contributed by atoms with Gasteiger partial charge < -0.3 is 14.4 Å². The number of anilines is 1. The summed E-state index contributed by atoms with van der Waals surface area (Å²) in [7, 11) is 0. The molecule has 0 aromatic carbocycles. The van der Waals surface area contributed by atoms with Gasteiger partial charge in [0.05, 0.1) is 18.7 Å². The first-order valence-corrected chi connectivity index (χ1v) is 9.06. The van der Waals surface area contributed by atoms with E-state index in [9.17, 15) is 9.90 Å². The number of hydrogen-bond donors (Lipinski definition) is 1. The Labute approximate surface area is 152 Å². The van der Waals surface area contributed by atoms with Crippen LogP contribution in [-0.4, -0.2) is 71.2 Å². The summed E-state index contributed by atoms with van der Waals surface area (Å²) in [4.78, 5) is 23.0. The SMILES string of the molecule is O=C(O)C1CN(Cc2ccco2)CC2CN(c3ccccn3)CCN2C1. The van der Waals surface area contributed by atoms with Crippen LogP contribution in [-0.2, 0) is 11.3 Å². The van der Waals surface area contributed by atoms with Gasteiger partial charge in [-0.05, 0) is 24.3 Å². The molecule has 2 unspecified atom stereocenters. The quantitative estimate of drug-likeness (QED) is 0.887. The summed E-state index contributed by atoms with van der Waals surface area (Å²) in [5.41, 5.74) is 0. The van der Waals surface area contributed by atoms with Gasteiger partial charge in [-0.15, -0.1) is 0 Å². The van der Waals surface area contributed by atoms with E-state index in [1.165, 1.54) is 0 Å². The van der Waals surface area contributed by atoms with Crippen molar-refractivity contribution in [1.82, 2.24) is 14.8 Å². The molecule has 2 aromatic heterocycles. The van der Waals surface area contributed by atoms with Crippen LogP contribution in [0.4, 0.5) is 5.82 Å². The molecule has 2 aliphatic rings. The minimum absolute atomic E-state index is 0.282. The number of furan rings is 1. The zero-order valence-electron chi connectivity index (χ0n) is 14.7.